The molecule has 0 atom stereocenters. The second kappa shape index (κ2) is 5.49. The molecule has 7 heteroatoms. The molecule has 1 saturated carbocycles. The maximum atomic E-state index is 12.3. The smallest absolute Gasteiger partial charge is 0.272 e. The molecule has 2 aromatic heterocycles. The van der Waals surface area contributed by atoms with Crippen molar-refractivity contribution in [3.63, 3.8) is 0 Å². The molecule has 1 amide bonds. The first-order valence-electron chi connectivity index (χ1n) is 7.75. The zero-order valence-corrected chi connectivity index (χ0v) is 12.8. The van der Waals surface area contributed by atoms with Crippen molar-refractivity contribution in [3.8, 4) is 0 Å². The second-order valence-electron chi connectivity index (χ2n) is 5.82. The van der Waals surface area contributed by atoms with Gasteiger partial charge in [-0.1, -0.05) is 23.4 Å². The van der Waals surface area contributed by atoms with E-state index in [2.05, 4.69) is 20.6 Å². The van der Waals surface area contributed by atoms with Crippen LogP contribution in [0.5, 0.6) is 0 Å². The molecule has 0 unspecified atom stereocenters. The summed E-state index contributed by atoms with van der Waals surface area (Å²) in [7, 11) is 1.83. The van der Waals surface area contributed by atoms with Crippen molar-refractivity contribution in [2.45, 2.75) is 25.2 Å². The lowest BCUT2D eigenvalue weighted by Crippen LogP contribution is -2.26. The summed E-state index contributed by atoms with van der Waals surface area (Å²) in [6.45, 7) is 0.452. The minimum absolute atomic E-state index is 0.187. The van der Waals surface area contributed by atoms with Crippen molar-refractivity contribution in [2.24, 2.45) is 7.05 Å². The van der Waals surface area contributed by atoms with Gasteiger partial charge < -0.3 is 9.84 Å². The Bertz CT molecular complexity index is 862. The van der Waals surface area contributed by atoms with Gasteiger partial charge in [0.2, 0.25) is 5.89 Å². The Balaban J connectivity index is 1.40. The summed E-state index contributed by atoms with van der Waals surface area (Å²) in [5.74, 6) is 1.62. The lowest BCUT2D eigenvalue weighted by Gasteiger charge is -2.01. The molecule has 4 rings (SSSR count). The van der Waals surface area contributed by atoms with Gasteiger partial charge in [0.15, 0.2) is 11.5 Å². The van der Waals surface area contributed by atoms with Gasteiger partial charge in [-0.3, -0.25) is 9.48 Å². The molecule has 1 N–H and O–H groups in total. The molecule has 2 heterocycles. The summed E-state index contributed by atoms with van der Waals surface area (Å²) in [6.07, 6.45) is 2.81. The molecule has 0 spiro atoms. The van der Waals surface area contributed by atoms with E-state index in [1.54, 1.807) is 4.68 Å². The number of hydrogen-bond acceptors (Lipinski definition) is 5. The molecular weight excluding hydrogens is 294 g/mol. The first-order valence-corrected chi connectivity index (χ1v) is 7.75. The molecule has 1 fully saturated rings. The third kappa shape index (κ3) is 2.69. The van der Waals surface area contributed by atoms with Gasteiger partial charge in [0.25, 0.3) is 5.91 Å². The Morgan fingerprint density at radius 1 is 1.39 bits per heavy atom. The number of aryl methyl sites for hydroxylation is 1. The van der Waals surface area contributed by atoms with Crippen LogP contribution in [0, 0.1) is 0 Å². The lowest BCUT2D eigenvalue weighted by atomic mass is 10.2. The molecule has 0 saturated heterocycles. The van der Waals surface area contributed by atoms with E-state index in [-0.39, 0.29) is 5.91 Å². The van der Waals surface area contributed by atoms with E-state index in [0.29, 0.717) is 30.4 Å². The van der Waals surface area contributed by atoms with Crippen LogP contribution in [-0.2, 0) is 13.5 Å². The van der Waals surface area contributed by atoms with Crippen molar-refractivity contribution >= 4 is 16.8 Å². The highest BCUT2D eigenvalue weighted by molar-refractivity contribution is 6.04. The molecule has 0 aliphatic heterocycles. The number of benzene rings is 1. The van der Waals surface area contributed by atoms with E-state index >= 15 is 0 Å². The number of carbonyl (C=O) groups is 1. The van der Waals surface area contributed by atoms with Crippen molar-refractivity contribution in [1.82, 2.24) is 25.2 Å². The van der Waals surface area contributed by atoms with Crippen molar-refractivity contribution in [3.05, 3.63) is 41.7 Å². The summed E-state index contributed by atoms with van der Waals surface area (Å²) in [6, 6.07) is 7.68. The molecule has 23 heavy (non-hydrogen) atoms. The van der Waals surface area contributed by atoms with Crippen molar-refractivity contribution in [2.75, 3.05) is 6.54 Å². The molecule has 7 nitrogen and oxygen atoms in total. The highest BCUT2D eigenvalue weighted by Gasteiger charge is 2.29. The van der Waals surface area contributed by atoms with Gasteiger partial charge in [0.05, 0.1) is 5.52 Å². The van der Waals surface area contributed by atoms with Crippen LogP contribution in [0.15, 0.2) is 28.8 Å². The summed E-state index contributed by atoms with van der Waals surface area (Å²) in [5.41, 5.74) is 1.37. The lowest BCUT2D eigenvalue weighted by molar-refractivity contribution is 0.0949. The number of aromatic nitrogens is 4. The first-order chi connectivity index (χ1) is 11.2. The van der Waals surface area contributed by atoms with Gasteiger partial charge >= 0.3 is 0 Å². The minimum atomic E-state index is -0.187. The molecular formula is C16H17N5O2. The Morgan fingerprint density at radius 3 is 3.04 bits per heavy atom. The molecule has 1 aliphatic rings. The third-order valence-electron chi connectivity index (χ3n) is 4.02. The quantitative estimate of drug-likeness (QED) is 0.776. The molecule has 1 aromatic carbocycles. The van der Waals surface area contributed by atoms with E-state index in [9.17, 15) is 4.79 Å². The fraction of sp³-hybridized carbons (Fsp3) is 0.375. The third-order valence-corrected chi connectivity index (χ3v) is 4.02. The Hall–Kier alpha value is -2.70. The number of para-hydroxylation sites is 1. The topological polar surface area (TPSA) is 85.8 Å². The van der Waals surface area contributed by atoms with Crippen LogP contribution in [0.2, 0.25) is 0 Å². The van der Waals surface area contributed by atoms with Crippen molar-refractivity contribution in [1.29, 1.82) is 0 Å². The Morgan fingerprint density at radius 2 is 2.22 bits per heavy atom. The number of nitrogens with zero attached hydrogens (tertiary/aromatic N) is 4. The standard InChI is InChI=1S/C16H17N5O2/c1-21-12-5-3-2-4-11(12)14(19-21)15(22)17-9-8-13-18-16(23-20-13)10-6-7-10/h2-5,10H,6-9H2,1H3,(H,17,22). The maximum absolute atomic E-state index is 12.3. The zero-order chi connectivity index (χ0) is 15.8. The largest absolute Gasteiger partial charge is 0.350 e. The van der Waals surface area contributed by atoms with Gasteiger partial charge in [-0.05, 0) is 18.9 Å². The molecule has 0 bridgehead atoms. The van der Waals surface area contributed by atoms with Crippen LogP contribution >= 0.6 is 0 Å². The second-order valence-corrected chi connectivity index (χ2v) is 5.82. The highest BCUT2D eigenvalue weighted by Crippen LogP contribution is 2.38. The fourth-order valence-corrected chi connectivity index (χ4v) is 2.62. The van der Waals surface area contributed by atoms with Crippen LogP contribution in [0.3, 0.4) is 0 Å². The summed E-state index contributed by atoms with van der Waals surface area (Å²) in [4.78, 5) is 16.7. The van der Waals surface area contributed by atoms with E-state index in [1.165, 1.54) is 0 Å². The number of hydrogen-bond donors (Lipinski definition) is 1. The predicted molar refractivity (Wildman–Crippen MR) is 83.0 cm³/mol. The van der Waals surface area contributed by atoms with E-state index in [4.69, 9.17) is 4.52 Å². The van der Waals surface area contributed by atoms with Gasteiger partial charge in [-0.15, -0.1) is 0 Å². The van der Waals surface area contributed by atoms with Crippen LogP contribution in [-0.4, -0.2) is 32.4 Å². The van der Waals surface area contributed by atoms with E-state index in [0.717, 1.165) is 29.6 Å². The minimum Gasteiger partial charge on any atom is -0.350 e. The summed E-state index contributed by atoms with van der Waals surface area (Å²) >= 11 is 0. The molecule has 0 radical (unpaired) electrons. The highest BCUT2D eigenvalue weighted by atomic mass is 16.5. The molecule has 1 aliphatic carbocycles. The summed E-state index contributed by atoms with van der Waals surface area (Å²) < 4.78 is 6.92. The normalized spacial score (nSPS) is 14.3. The van der Waals surface area contributed by atoms with E-state index in [1.807, 2.05) is 31.3 Å². The monoisotopic (exact) mass is 311 g/mol. The van der Waals surface area contributed by atoms with Gasteiger partial charge in [0, 0.05) is 31.3 Å². The van der Waals surface area contributed by atoms with Gasteiger partial charge in [-0.25, -0.2) is 0 Å². The average molecular weight is 311 g/mol. The van der Waals surface area contributed by atoms with E-state index < -0.39 is 0 Å². The van der Waals surface area contributed by atoms with Crippen LogP contribution in [0.1, 0.15) is 41.0 Å². The first kappa shape index (κ1) is 13.9. The van der Waals surface area contributed by atoms with Gasteiger partial charge in [0.1, 0.15) is 0 Å². The SMILES string of the molecule is Cn1nc(C(=O)NCCc2noc(C3CC3)n2)c2ccccc21. The van der Waals surface area contributed by atoms with Crippen LogP contribution in [0.4, 0.5) is 0 Å². The fourth-order valence-electron chi connectivity index (χ4n) is 2.62. The number of rotatable bonds is 5. The zero-order valence-electron chi connectivity index (χ0n) is 12.8. The number of fused-ring (bicyclic) bond motifs is 1. The van der Waals surface area contributed by atoms with Gasteiger partial charge in [-0.2, -0.15) is 10.1 Å². The average Bonchev–Trinajstić information content (AvgIpc) is 3.22. The molecule has 118 valence electrons. The predicted octanol–water partition coefficient (Wildman–Crippen LogP) is 1.81. The van der Waals surface area contributed by atoms with Crippen LogP contribution < -0.4 is 5.32 Å². The number of nitrogens with one attached hydrogen (secondary N) is 1. The Labute approximate surface area is 132 Å². The van der Waals surface area contributed by atoms with Crippen LogP contribution in [0.25, 0.3) is 10.9 Å². The number of carbonyl (C=O) groups excluding carboxylic acids is 1. The summed E-state index contributed by atoms with van der Waals surface area (Å²) in [5, 5.41) is 12.0. The molecule has 3 aromatic rings. The number of amides is 1. The van der Waals surface area contributed by atoms with Crippen molar-refractivity contribution < 1.29 is 9.32 Å². The Kier molecular flexibility index (Phi) is 3.33. The maximum Gasteiger partial charge on any atom is 0.272 e.